The Morgan fingerprint density at radius 2 is 0.897 bits per heavy atom. The molecule has 0 radical (unpaired) electrons. The number of hydrogen-bond acceptors (Lipinski definition) is 3. The number of nitrogens with zero attached hydrogens (tertiary/aromatic N) is 4. The first-order valence-electron chi connectivity index (χ1n) is 11.8. The maximum Gasteiger partial charge on any atom is 0.198 e. The third-order valence-corrected chi connectivity index (χ3v) is 7.97. The van der Waals surface area contributed by atoms with E-state index in [1.807, 2.05) is 88.4 Å². The van der Waals surface area contributed by atoms with Crippen molar-refractivity contribution in [3.63, 3.8) is 0 Å². The van der Waals surface area contributed by atoms with E-state index in [0.717, 1.165) is 78.4 Å². The summed E-state index contributed by atoms with van der Waals surface area (Å²) in [7, 11) is 0. The fourth-order valence-corrected chi connectivity index (χ4v) is 5.77. The van der Waals surface area contributed by atoms with Gasteiger partial charge in [0.25, 0.3) is 0 Å². The molecule has 0 aliphatic heterocycles. The lowest BCUT2D eigenvalue weighted by Gasteiger charge is -2.16. The first kappa shape index (κ1) is 27.5. The van der Waals surface area contributed by atoms with Crippen molar-refractivity contribution in [1.29, 1.82) is 0 Å². The van der Waals surface area contributed by atoms with Gasteiger partial charge in [-0.15, -0.1) is 0 Å². The van der Waals surface area contributed by atoms with Gasteiger partial charge in [0.1, 0.15) is 0 Å². The molecule has 0 aliphatic rings. The summed E-state index contributed by atoms with van der Waals surface area (Å²) in [5.74, 6) is 0. The van der Waals surface area contributed by atoms with E-state index in [2.05, 4.69) is 19.4 Å². The monoisotopic (exact) mass is 542 g/mol. The van der Waals surface area contributed by atoms with Crippen LogP contribution in [0.2, 0.25) is 0 Å². The van der Waals surface area contributed by atoms with Crippen molar-refractivity contribution in [2.45, 2.75) is 37.5 Å². The average Bonchev–Trinajstić information content (AvgIpc) is 2.94. The fourth-order valence-electron chi connectivity index (χ4n) is 4.20. The van der Waals surface area contributed by atoms with E-state index < -0.39 is 0 Å². The van der Waals surface area contributed by atoms with Crippen LogP contribution in [-0.2, 0) is 3.63 Å². The highest BCUT2D eigenvalue weighted by Crippen LogP contribution is 2.47. The molecule has 0 fully saturated rings. The molecule has 4 rings (SSSR count). The summed E-state index contributed by atoms with van der Waals surface area (Å²) >= 11 is 2.28. The normalized spacial score (nSPS) is 10.3. The van der Waals surface area contributed by atoms with Crippen LogP contribution < -0.4 is 0 Å². The SMILES string of the molecule is [C-]#[N+]c1cc(-c2c(SOSc3ccc(C)c([N+]#[C-])c3-c3ccc(C)c([N+]#[C-])c3)ccc(C)c2[N+]#[C-])ccc1C. The zero-order chi connectivity index (χ0) is 28.1. The van der Waals surface area contributed by atoms with Crippen LogP contribution in [0.4, 0.5) is 22.7 Å². The molecule has 5 nitrogen and oxygen atoms in total. The van der Waals surface area contributed by atoms with Gasteiger partial charge in [-0.25, -0.2) is 23.0 Å². The van der Waals surface area contributed by atoms with Crippen LogP contribution in [0.15, 0.2) is 70.5 Å². The molecule has 0 aliphatic carbocycles. The highest BCUT2D eigenvalue weighted by Gasteiger charge is 2.19. The first-order valence-corrected chi connectivity index (χ1v) is 13.3. The van der Waals surface area contributed by atoms with Crippen molar-refractivity contribution in [3.05, 3.63) is 129 Å². The molecule has 0 amide bonds. The van der Waals surface area contributed by atoms with Crippen LogP contribution in [0.5, 0.6) is 0 Å². The molecule has 0 N–H and O–H groups in total. The average molecular weight is 543 g/mol. The van der Waals surface area contributed by atoms with Gasteiger partial charge in [-0.3, -0.25) is 0 Å². The summed E-state index contributed by atoms with van der Waals surface area (Å²) in [6, 6.07) is 18.9. The lowest BCUT2D eigenvalue weighted by molar-refractivity contribution is 0.757. The number of rotatable bonds is 6. The van der Waals surface area contributed by atoms with Gasteiger partial charge in [0.2, 0.25) is 0 Å². The van der Waals surface area contributed by atoms with Gasteiger partial charge in [-0.2, -0.15) is 0 Å². The van der Waals surface area contributed by atoms with Crippen LogP contribution in [0, 0.1) is 54.0 Å². The fraction of sp³-hybridized carbons (Fsp3) is 0.125. The Hall–Kier alpha value is -4.50. The van der Waals surface area contributed by atoms with Crippen molar-refractivity contribution in [2.75, 3.05) is 0 Å². The standard InChI is InChI=1S/C32H22N4OS2/c1-19-9-13-23(17-25(19)33-5)29-27(15-11-21(3)31(29)35-7)38-37-39-28-16-12-22(4)32(36-8)30(28)24-14-10-20(2)26(18-24)34-6/h9-18H,1-4H3. The molecule has 0 atom stereocenters. The minimum atomic E-state index is 0.519. The predicted octanol–water partition coefficient (Wildman–Crippen LogP) is 11.2. The van der Waals surface area contributed by atoms with E-state index in [1.165, 1.54) is 0 Å². The smallest absolute Gasteiger partial charge is 0.198 e. The molecule has 0 saturated heterocycles. The zero-order valence-electron chi connectivity index (χ0n) is 21.8. The van der Waals surface area contributed by atoms with E-state index in [1.54, 1.807) is 0 Å². The van der Waals surface area contributed by atoms with Crippen LogP contribution in [-0.4, -0.2) is 0 Å². The summed E-state index contributed by atoms with van der Waals surface area (Å²) in [5.41, 5.74) is 8.62. The largest absolute Gasteiger partial charge is 0.238 e. The number of benzene rings is 4. The minimum absolute atomic E-state index is 0.519. The summed E-state index contributed by atoms with van der Waals surface area (Å²) < 4.78 is 6.08. The van der Waals surface area contributed by atoms with E-state index >= 15 is 0 Å². The summed E-state index contributed by atoms with van der Waals surface area (Å²) in [5, 5.41) is 0. The maximum absolute atomic E-state index is 7.82. The van der Waals surface area contributed by atoms with E-state index in [0.29, 0.717) is 22.7 Å². The second-order valence-electron chi connectivity index (χ2n) is 8.89. The van der Waals surface area contributed by atoms with Crippen molar-refractivity contribution < 1.29 is 3.63 Å². The lowest BCUT2D eigenvalue weighted by atomic mass is 9.99. The number of aryl methyl sites for hydroxylation is 4. The van der Waals surface area contributed by atoms with Crippen LogP contribution in [0.3, 0.4) is 0 Å². The Morgan fingerprint density at radius 1 is 0.513 bits per heavy atom. The molecule has 0 saturated carbocycles. The molecule has 39 heavy (non-hydrogen) atoms. The molecule has 0 bridgehead atoms. The van der Waals surface area contributed by atoms with Gasteiger partial charge >= 0.3 is 0 Å². The van der Waals surface area contributed by atoms with E-state index in [9.17, 15) is 0 Å². The van der Waals surface area contributed by atoms with Crippen LogP contribution in [0.1, 0.15) is 22.3 Å². The van der Waals surface area contributed by atoms with Crippen molar-refractivity contribution in [2.24, 2.45) is 0 Å². The molecule has 0 heterocycles. The highest BCUT2D eigenvalue weighted by atomic mass is 32.2. The molecule has 4 aromatic rings. The molecule has 188 valence electrons. The number of hydrogen-bond donors (Lipinski definition) is 0. The van der Waals surface area contributed by atoms with Gasteiger partial charge in [0.05, 0.1) is 26.3 Å². The zero-order valence-corrected chi connectivity index (χ0v) is 23.4. The molecular formula is C32H22N4OS2. The third-order valence-electron chi connectivity index (χ3n) is 6.39. The third kappa shape index (κ3) is 5.53. The Morgan fingerprint density at radius 3 is 1.26 bits per heavy atom. The quantitative estimate of drug-likeness (QED) is 0.179. The Bertz CT molecular complexity index is 1650. The van der Waals surface area contributed by atoms with E-state index in [-0.39, 0.29) is 0 Å². The summed E-state index contributed by atoms with van der Waals surface area (Å²) in [6.07, 6.45) is 0. The van der Waals surface area contributed by atoms with E-state index in [4.69, 9.17) is 29.9 Å². The van der Waals surface area contributed by atoms with Gasteiger partial charge in [0.15, 0.2) is 22.7 Å². The Balaban J connectivity index is 1.73. The molecule has 0 aromatic heterocycles. The lowest BCUT2D eigenvalue weighted by Crippen LogP contribution is -1.89. The van der Waals surface area contributed by atoms with Crippen molar-refractivity contribution in [1.82, 2.24) is 0 Å². The molecular weight excluding hydrogens is 521 g/mol. The van der Waals surface area contributed by atoms with Crippen molar-refractivity contribution in [3.8, 4) is 22.3 Å². The van der Waals surface area contributed by atoms with Crippen molar-refractivity contribution >= 4 is 46.8 Å². The molecule has 4 aromatic carbocycles. The first-order chi connectivity index (χ1) is 18.8. The second-order valence-corrected chi connectivity index (χ2v) is 10.7. The highest BCUT2D eigenvalue weighted by molar-refractivity contribution is 8.08. The maximum atomic E-state index is 7.82. The van der Waals surface area contributed by atoms with Gasteiger partial charge in [-0.05, 0) is 85.3 Å². The van der Waals surface area contributed by atoms with Crippen LogP contribution >= 0.6 is 24.1 Å². The molecule has 7 heteroatoms. The van der Waals surface area contributed by atoms with Gasteiger partial charge < -0.3 is 0 Å². The van der Waals surface area contributed by atoms with Gasteiger partial charge in [0, 0.05) is 45.0 Å². The van der Waals surface area contributed by atoms with Crippen LogP contribution in [0.25, 0.3) is 41.6 Å². The minimum Gasteiger partial charge on any atom is -0.238 e. The second kappa shape index (κ2) is 11.9. The Kier molecular flexibility index (Phi) is 8.41. The molecule has 0 unspecified atom stereocenters. The molecule has 0 spiro atoms. The predicted molar refractivity (Wildman–Crippen MR) is 161 cm³/mol. The van der Waals surface area contributed by atoms with Gasteiger partial charge in [-0.1, -0.05) is 36.4 Å². The summed E-state index contributed by atoms with van der Waals surface area (Å²) in [6.45, 7) is 38.3. The Labute approximate surface area is 238 Å². The topological polar surface area (TPSA) is 26.7 Å². The summed E-state index contributed by atoms with van der Waals surface area (Å²) in [4.78, 5) is 16.4.